The van der Waals surface area contributed by atoms with Gasteiger partial charge in [0.25, 0.3) is 5.91 Å². The van der Waals surface area contributed by atoms with Crippen LogP contribution in [0.4, 0.5) is 5.13 Å². The number of nitrogens with one attached hydrogen (secondary N) is 2. The molecular formula is C19H25N3O4S2. The van der Waals surface area contributed by atoms with Crippen LogP contribution in [0, 0.1) is 12.8 Å². The molecular weight excluding hydrogens is 398 g/mol. The van der Waals surface area contributed by atoms with Crippen LogP contribution in [0.25, 0.3) is 0 Å². The van der Waals surface area contributed by atoms with E-state index in [-0.39, 0.29) is 28.2 Å². The monoisotopic (exact) mass is 423 g/mol. The first-order valence-electron chi connectivity index (χ1n) is 9.24. The van der Waals surface area contributed by atoms with Crippen molar-refractivity contribution < 1.29 is 17.9 Å². The van der Waals surface area contributed by atoms with E-state index in [0.29, 0.717) is 5.13 Å². The lowest BCUT2D eigenvalue weighted by atomic mass is 9.87. The minimum Gasteiger partial charge on any atom is -0.495 e. The summed E-state index contributed by atoms with van der Waals surface area (Å²) in [6.45, 7) is 3.95. The SMILES string of the molecule is COc1ccc(C(=O)Nc2ncc(C)s2)cc1S(=O)(=O)N[C@H]1CCCC[C@@H]1C. The number of rotatable bonds is 6. The molecule has 0 bridgehead atoms. The zero-order chi connectivity index (χ0) is 20.3. The predicted molar refractivity (Wildman–Crippen MR) is 110 cm³/mol. The van der Waals surface area contributed by atoms with Crippen LogP contribution < -0.4 is 14.8 Å². The van der Waals surface area contributed by atoms with Gasteiger partial charge >= 0.3 is 0 Å². The molecule has 1 saturated carbocycles. The maximum atomic E-state index is 13.0. The number of anilines is 1. The summed E-state index contributed by atoms with van der Waals surface area (Å²) in [5.74, 6) is 0.0613. The molecule has 3 rings (SSSR count). The average Bonchev–Trinajstić information content (AvgIpc) is 3.07. The highest BCUT2D eigenvalue weighted by molar-refractivity contribution is 7.89. The summed E-state index contributed by atoms with van der Waals surface area (Å²) >= 11 is 1.35. The lowest BCUT2D eigenvalue weighted by molar-refractivity contribution is 0.102. The van der Waals surface area contributed by atoms with E-state index in [1.54, 1.807) is 6.20 Å². The summed E-state index contributed by atoms with van der Waals surface area (Å²) in [6.07, 6.45) is 5.60. The van der Waals surface area contributed by atoms with Crippen molar-refractivity contribution in [2.24, 2.45) is 5.92 Å². The Labute approximate surface area is 169 Å². The Morgan fingerprint density at radius 2 is 2.04 bits per heavy atom. The third-order valence-corrected chi connectivity index (χ3v) is 7.31. The Morgan fingerprint density at radius 1 is 1.29 bits per heavy atom. The number of hydrogen-bond donors (Lipinski definition) is 2. The van der Waals surface area contributed by atoms with Gasteiger partial charge in [0.1, 0.15) is 10.6 Å². The number of methoxy groups -OCH3 is 1. The number of hydrogen-bond acceptors (Lipinski definition) is 6. The van der Waals surface area contributed by atoms with Gasteiger partial charge in [0.2, 0.25) is 10.0 Å². The second-order valence-corrected chi connectivity index (χ2v) is 10.0. The van der Waals surface area contributed by atoms with E-state index in [9.17, 15) is 13.2 Å². The molecule has 1 fully saturated rings. The second-order valence-electron chi connectivity index (χ2n) is 7.09. The van der Waals surface area contributed by atoms with Crippen molar-refractivity contribution in [3.05, 3.63) is 34.8 Å². The van der Waals surface area contributed by atoms with Gasteiger partial charge in [-0.3, -0.25) is 10.1 Å². The highest BCUT2D eigenvalue weighted by Crippen LogP contribution is 2.29. The van der Waals surface area contributed by atoms with Gasteiger partial charge < -0.3 is 4.74 Å². The van der Waals surface area contributed by atoms with Crippen molar-refractivity contribution in [3.8, 4) is 5.75 Å². The number of sulfonamides is 1. The Bertz CT molecular complexity index is 956. The highest BCUT2D eigenvalue weighted by atomic mass is 32.2. The van der Waals surface area contributed by atoms with Crippen molar-refractivity contribution >= 4 is 32.4 Å². The van der Waals surface area contributed by atoms with E-state index in [1.807, 2.05) is 6.92 Å². The molecule has 1 amide bonds. The summed E-state index contributed by atoms with van der Waals surface area (Å²) < 4.78 is 34.1. The maximum Gasteiger partial charge on any atom is 0.257 e. The van der Waals surface area contributed by atoms with E-state index in [4.69, 9.17) is 4.74 Å². The van der Waals surface area contributed by atoms with Crippen LogP contribution >= 0.6 is 11.3 Å². The number of aryl methyl sites for hydroxylation is 1. The van der Waals surface area contributed by atoms with Crippen LogP contribution in [0.15, 0.2) is 29.3 Å². The molecule has 1 aliphatic carbocycles. The number of thiazole rings is 1. The molecule has 9 heteroatoms. The summed E-state index contributed by atoms with van der Waals surface area (Å²) in [7, 11) is -2.42. The summed E-state index contributed by atoms with van der Waals surface area (Å²) in [4.78, 5) is 17.6. The van der Waals surface area contributed by atoms with Crippen molar-refractivity contribution in [1.82, 2.24) is 9.71 Å². The van der Waals surface area contributed by atoms with Crippen LogP contribution in [0.3, 0.4) is 0 Å². The molecule has 2 N–H and O–H groups in total. The zero-order valence-electron chi connectivity index (χ0n) is 16.2. The summed E-state index contributed by atoms with van der Waals surface area (Å²) in [5, 5.41) is 3.17. The Hall–Kier alpha value is -1.97. The average molecular weight is 424 g/mol. The van der Waals surface area contributed by atoms with Crippen LogP contribution in [0.1, 0.15) is 47.8 Å². The largest absolute Gasteiger partial charge is 0.495 e. The number of amides is 1. The van der Waals surface area contributed by atoms with Gasteiger partial charge in [-0.05, 0) is 43.9 Å². The minimum atomic E-state index is -3.83. The summed E-state index contributed by atoms with van der Waals surface area (Å²) in [6, 6.07) is 4.28. The van der Waals surface area contributed by atoms with Crippen LogP contribution in [-0.2, 0) is 10.0 Å². The molecule has 2 aromatic rings. The lowest BCUT2D eigenvalue weighted by Crippen LogP contribution is -2.41. The van der Waals surface area contributed by atoms with Crippen molar-refractivity contribution in [3.63, 3.8) is 0 Å². The fraction of sp³-hybridized carbons (Fsp3) is 0.474. The molecule has 7 nitrogen and oxygen atoms in total. The molecule has 1 aromatic heterocycles. The molecule has 152 valence electrons. The van der Waals surface area contributed by atoms with Gasteiger partial charge in [0.15, 0.2) is 5.13 Å². The molecule has 0 radical (unpaired) electrons. The molecule has 1 aliphatic rings. The summed E-state index contributed by atoms with van der Waals surface area (Å²) in [5.41, 5.74) is 0.228. The van der Waals surface area contributed by atoms with Gasteiger partial charge in [-0.15, -0.1) is 11.3 Å². The molecule has 28 heavy (non-hydrogen) atoms. The smallest absolute Gasteiger partial charge is 0.257 e. The van der Waals surface area contributed by atoms with E-state index >= 15 is 0 Å². The number of nitrogens with zero attached hydrogens (tertiary/aromatic N) is 1. The number of benzene rings is 1. The third-order valence-electron chi connectivity index (χ3n) is 4.98. The standard InChI is InChI=1S/C19H25N3O4S2/c1-12-6-4-5-7-15(12)22-28(24,25)17-10-14(8-9-16(17)26-3)18(23)21-19-20-11-13(2)27-19/h8-12,15,22H,4-7H2,1-3H3,(H,20,21,23)/t12-,15-/m0/s1. The number of carbonyl (C=O) groups is 1. The predicted octanol–water partition coefficient (Wildman–Crippen LogP) is 3.57. The Balaban J connectivity index is 1.86. The quantitative estimate of drug-likeness (QED) is 0.740. The Morgan fingerprint density at radius 3 is 2.68 bits per heavy atom. The van der Waals surface area contributed by atoms with Crippen molar-refractivity contribution in [1.29, 1.82) is 0 Å². The lowest BCUT2D eigenvalue weighted by Gasteiger charge is -2.29. The van der Waals surface area contributed by atoms with Gasteiger partial charge in [-0.2, -0.15) is 0 Å². The normalized spacial score (nSPS) is 20.0. The zero-order valence-corrected chi connectivity index (χ0v) is 17.8. The molecule has 1 aromatic carbocycles. The molecule has 0 spiro atoms. The van der Waals surface area contributed by atoms with Crippen molar-refractivity contribution in [2.45, 2.75) is 50.5 Å². The van der Waals surface area contributed by atoms with Crippen molar-refractivity contribution in [2.75, 3.05) is 12.4 Å². The number of carbonyl (C=O) groups excluding carboxylic acids is 1. The van der Waals surface area contributed by atoms with Crippen LogP contribution in [0.5, 0.6) is 5.75 Å². The number of ether oxygens (including phenoxy) is 1. The van der Waals surface area contributed by atoms with E-state index in [0.717, 1.165) is 30.6 Å². The maximum absolute atomic E-state index is 13.0. The molecule has 2 atom stereocenters. The van der Waals surface area contributed by atoms with E-state index in [2.05, 4.69) is 21.9 Å². The first kappa shape index (κ1) is 20.8. The highest BCUT2D eigenvalue weighted by Gasteiger charge is 2.29. The molecule has 0 aliphatic heterocycles. The fourth-order valence-electron chi connectivity index (χ4n) is 3.36. The molecule has 0 saturated heterocycles. The first-order chi connectivity index (χ1) is 13.3. The van der Waals surface area contributed by atoms with E-state index in [1.165, 1.54) is 36.6 Å². The minimum absolute atomic E-state index is 0.0317. The van der Waals surface area contributed by atoms with Gasteiger partial charge in [0.05, 0.1) is 7.11 Å². The number of aromatic nitrogens is 1. The first-order valence-corrected chi connectivity index (χ1v) is 11.5. The van der Waals surface area contributed by atoms with Gasteiger partial charge in [0, 0.05) is 22.7 Å². The van der Waals surface area contributed by atoms with Gasteiger partial charge in [-0.1, -0.05) is 19.8 Å². The fourth-order valence-corrected chi connectivity index (χ4v) is 5.60. The molecule has 0 unspecified atom stereocenters. The van der Waals surface area contributed by atoms with E-state index < -0.39 is 15.9 Å². The Kier molecular flexibility index (Phi) is 6.36. The topological polar surface area (TPSA) is 97.4 Å². The van der Waals surface area contributed by atoms with Gasteiger partial charge in [-0.25, -0.2) is 18.1 Å². The van der Waals surface area contributed by atoms with Crippen LogP contribution in [0.2, 0.25) is 0 Å². The second kappa shape index (κ2) is 8.59. The molecule has 1 heterocycles. The third kappa shape index (κ3) is 4.71. The van der Waals surface area contributed by atoms with Crippen LogP contribution in [-0.4, -0.2) is 32.5 Å².